The molecule has 9 heteroatoms. The standard InChI is InChI=1S/C19H16F3N3O2S/c1-11-4-2-3-5-12(11)9-16(26)25-7-6-14-13(10-25)8-15(28-14)17-23-18(27-24-17)19(20,21)22/h2-5,8H,6-7,9-10H2,1H3. The molecule has 0 aliphatic carbocycles. The Labute approximate surface area is 162 Å². The molecule has 0 bridgehead atoms. The van der Waals surface area contributed by atoms with E-state index in [9.17, 15) is 18.0 Å². The lowest BCUT2D eigenvalue weighted by atomic mass is 10.0. The highest BCUT2D eigenvalue weighted by Gasteiger charge is 2.38. The largest absolute Gasteiger partial charge is 0.471 e. The summed E-state index contributed by atoms with van der Waals surface area (Å²) in [7, 11) is 0. The van der Waals surface area contributed by atoms with Crippen LogP contribution in [-0.2, 0) is 30.4 Å². The van der Waals surface area contributed by atoms with Gasteiger partial charge in [0.2, 0.25) is 11.7 Å². The van der Waals surface area contributed by atoms with Crippen molar-refractivity contribution in [3.8, 4) is 10.7 Å². The number of thiophene rings is 1. The fourth-order valence-corrected chi connectivity index (χ4v) is 4.27. The number of carbonyl (C=O) groups excluding carboxylic acids is 1. The average molecular weight is 407 g/mol. The summed E-state index contributed by atoms with van der Waals surface area (Å²) in [6, 6.07) is 9.51. The molecule has 4 rings (SSSR count). The third-order valence-electron chi connectivity index (χ3n) is 4.71. The van der Waals surface area contributed by atoms with Crippen LogP contribution in [0.25, 0.3) is 10.7 Å². The highest BCUT2D eigenvalue weighted by atomic mass is 32.1. The number of benzene rings is 1. The number of hydrogen-bond donors (Lipinski definition) is 0. The second-order valence-corrected chi connectivity index (χ2v) is 7.79. The van der Waals surface area contributed by atoms with Crippen molar-refractivity contribution in [3.63, 3.8) is 0 Å². The van der Waals surface area contributed by atoms with Gasteiger partial charge in [-0.05, 0) is 36.1 Å². The second kappa shape index (κ2) is 7.05. The third kappa shape index (κ3) is 3.66. The number of halogens is 3. The smallest absolute Gasteiger partial charge is 0.338 e. The highest BCUT2D eigenvalue weighted by molar-refractivity contribution is 7.15. The van der Waals surface area contributed by atoms with Gasteiger partial charge in [-0.15, -0.1) is 11.3 Å². The zero-order valence-electron chi connectivity index (χ0n) is 14.9. The Morgan fingerprint density at radius 3 is 2.82 bits per heavy atom. The van der Waals surface area contributed by atoms with Crippen LogP contribution in [0.2, 0.25) is 0 Å². The monoisotopic (exact) mass is 407 g/mol. The first-order valence-electron chi connectivity index (χ1n) is 8.66. The van der Waals surface area contributed by atoms with Crippen molar-refractivity contribution >= 4 is 17.2 Å². The molecule has 3 heterocycles. The summed E-state index contributed by atoms with van der Waals surface area (Å²) in [4.78, 5) is 19.5. The Hall–Kier alpha value is -2.68. The average Bonchev–Trinajstić information content (AvgIpc) is 3.29. The summed E-state index contributed by atoms with van der Waals surface area (Å²) in [6.45, 7) is 2.99. The van der Waals surface area contributed by atoms with Crippen molar-refractivity contribution in [3.05, 3.63) is 57.8 Å². The van der Waals surface area contributed by atoms with Crippen LogP contribution >= 0.6 is 11.3 Å². The first-order chi connectivity index (χ1) is 13.3. The Morgan fingerprint density at radius 1 is 1.32 bits per heavy atom. The van der Waals surface area contributed by atoms with Crippen LogP contribution in [0.15, 0.2) is 34.9 Å². The molecule has 1 aliphatic rings. The predicted octanol–water partition coefficient (Wildman–Crippen LogP) is 4.25. The van der Waals surface area contributed by atoms with E-state index in [1.54, 1.807) is 11.0 Å². The number of amides is 1. The predicted molar refractivity (Wildman–Crippen MR) is 96.6 cm³/mol. The quantitative estimate of drug-likeness (QED) is 0.651. The lowest BCUT2D eigenvalue weighted by Gasteiger charge is -2.27. The lowest BCUT2D eigenvalue weighted by Crippen LogP contribution is -2.36. The van der Waals surface area contributed by atoms with Crippen molar-refractivity contribution < 1.29 is 22.5 Å². The number of hydrogen-bond acceptors (Lipinski definition) is 5. The van der Waals surface area contributed by atoms with Gasteiger partial charge in [0.15, 0.2) is 0 Å². The molecular formula is C19H16F3N3O2S. The molecule has 0 saturated carbocycles. The number of fused-ring (bicyclic) bond motifs is 1. The van der Waals surface area contributed by atoms with Crippen molar-refractivity contribution in [2.75, 3.05) is 6.54 Å². The van der Waals surface area contributed by atoms with Gasteiger partial charge in [-0.2, -0.15) is 18.2 Å². The van der Waals surface area contributed by atoms with E-state index in [-0.39, 0.29) is 11.7 Å². The van der Waals surface area contributed by atoms with E-state index >= 15 is 0 Å². The molecule has 0 unspecified atom stereocenters. The van der Waals surface area contributed by atoms with Gasteiger partial charge in [0.1, 0.15) is 0 Å². The van der Waals surface area contributed by atoms with E-state index in [2.05, 4.69) is 14.7 Å². The molecule has 3 aromatic rings. The van der Waals surface area contributed by atoms with Crippen LogP contribution in [0.5, 0.6) is 0 Å². The van der Waals surface area contributed by atoms with Crippen molar-refractivity contribution in [2.24, 2.45) is 0 Å². The molecule has 2 aromatic heterocycles. The Morgan fingerprint density at radius 2 is 2.11 bits per heavy atom. The molecule has 0 fully saturated rings. The number of rotatable bonds is 3. The maximum Gasteiger partial charge on any atom is 0.471 e. The Balaban J connectivity index is 1.49. The van der Waals surface area contributed by atoms with E-state index in [4.69, 9.17) is 0 Å². The highest BCUT2D eigenvalue weighted by Crippen LogP contribution is 2.35. The zero-order valence-corrected chi connectivity index (χ0v) is 15.7. The molecule has 0 saturated heterocycles. The van der Waals surface area contributed by atoms with Gasteiger partial charge in [0.05, 0.1) is 11.3 Å². The minimum Gasteiger partial charge on any atom is -0.338 e. The van der Waals surface area contributed by atoms with Crippen LogP contribution in [0.3, 0.4) is 0 Å². The van der Waals surface area contributed by atoms with Crippen LogP contribution < -0.4 is 0 Å². The summed E-state index contributed by atoms with van der Waals surface area (Å²) < 4.78 is 42.3. The van der Waals surface area contributed by atoms with Crippen molar-refractivity contribution in [1.29, 1.82) is 0 Å². The molecule has 0 radical (unpaired) electrons. The zero-order chi connectivity index (χ0) is 19.9. The van der Waals surface area contributed by atoms with E-state index in [0.717, 1.165) is 21.6 Å². The fourth-order valence-electron chi connectivity index (χ4n) is 3.18. The van der Waals surface area contributed by atoms with Crippen LogP contribution in [0.4, 0.5) is 13.2 Å². The van der Waals surface area contributed by atoms with Gasteiger partial charge in [0, 0.05) is 18.0 Å². The fraction of sp³-hybridized carbons (Fsp3) is 0.316. The van der Waals surface area contributed by atoms with Gasteiger partial charge in [0.25, 0.3) is 0 Å². The molecule has 0 atom stereocenters. The van der Waals surface area contributed by atoms with E-state index in [1.807, 2.05) is 31.2 Å². The minimum atomic E-state index is -4.67. The van der Waals surface area contributed by atoms with Gasteiger partial charge < -0.3 is 9.42 Å². The van der Waals surface area contributed by atoms with Crippen molar-refractivity contribution in [2.45, 2.75) is 32.5 Å². The first kappa shape index (κ1) is 18.7. The van der Waals surface area contributed by atoms with Gasteiger partial charge >= 0.3 is 12.1 Å². The van der Waals surface area contributed by atoms with E-state index in [1.165, 1.54) is 11.3 Å². The number of aryl methyl sites for hydroxylation is 1. The first-order valence-corrected chi connectivity index (χ1v) is 9.48. The molecule has 28 heavy (non-hydrogen) atoms. The molecule has 1 aromatic carbocycles. The van der Waals surface area contributed by atoms with Crippen molar-refractivity contribution in [1.82, 2.24) is 15.0 Å². The second-order valence-electron chi connectivity index (χ2n) is 6.65. The topological polar surface area (TPSA) is 59.2 Å². The molecule has 146 valence electrons. The third-order valence-corrected chi connectivity index (χ3v) is 5.94. The minimum absolute atomic E-state index is 0.0339. The summed E-state index contributed by atoms with van der Waals surface area (Å²) in [6.07, 6.45) is -3.68. The van der Waals surface area contributed by atoms with Gasteiger partial charge in [-0.1, -0.05) is 29.4 Å². The Bertz CT molecular complexity index is 1030. The normalized spacial score (nSPS) is 14.2. The maximum absolute atomic E-state index is 12.7. The number of nitrogens with zero attached hydrogens (tertiary/aromatic N) is 3. The summed E-state index contributed by atoms with van der Waals surface area (Å²) in [5.74, 6) is -1.40. The summed E-state index contributed by atoms with van der Waals surface area (Å²) in [5.41, 5.74) is 2.99. The number of alkyl halides is 3. The van der Waals surface area contributed by atoms with Crippen LogP contribution in [0, 0.1) is 6.92 Å². The van der Waals surface area contributed by atoms with E-state index in [0.29, 0.717) is 30.8 Å². The van der Waals surface area contributed by atoms with Gasteiger partial charge in [-0.3, -0.25) is 4.79 Å². The molecule has 0 spiro atoms. The Kier molecular flexibility index (Phi) is 4.70. The molecule has 1 amide bonds. The van der Waals surface area contributed by atoms with Crippen LogP contribution in [-0.4, -0.2) is 27.5 Å². The molecule has 5 nitrogen and oxygen atoms in total. The SMILES string of the molecule is Cc1ccccc1CC(=O)N1CCc2sc(-c3noc(C(F)(F)F)n3)cc2C1. The maximum atomic E-state index is 12.7. The summed E-state index contributed by atoms with van der Waals surface area (Å²) in [5, 5.41) is 3.44. The molecule has 0 N–H and O–H groups in total. The molecular weight excluding hydrogens is 391 g/mol. The lowest BCUT2D eigenvalue weighted by molar-refractivity contribution is -0.159. The number of aromatic nitrogens is 2. The van der Waals surface area contributed by atoms with Gasteiger partial charge in [-0.25, -0.2) is 0 Å². The summed E-state index contributed by atoms with van der Waals surface area (Å²) >= 11 is 1.34. The van der Waals surface area contributed by atoms with E-state index < -0.39 is 12.1 Å². The van der Waals surface area contributed by atoms with Crippen LogP contribution in [0.1, 0.15) is 27.5 Å². The molecule has 1 aliphatic heterocycles. The number of carbonyl (C=O) groups is 1.